The molecule has 0 saturated heterocycles. The summed E-state index contributed by atoms with van der Waals surface area (Å²) < 4.78 is 31.8. The minimum Gasteiger partial charge on any atom is -0.282 e. The zero-order valence-electron chi connectivity index (χ0n) is 14.3. The monoisotopic (exact) mass is 343 g/mol. The van der Waals surface area contributed by atoms with E-state index >= 15 is 0 Å². The fourth-order valence-corrected chi connectivity index (χ4v) is 3.34. The molecule has 3 nitrogen and oxygen atoms in total. The number of aryl methyl sites for hydroxylation is 2. The summed E-state index contributed by atoms with van der Waals surface area (Å²) in [5, 5.41) is 1.98. The number of unbranched alkanes of at least 4 members (excludes halogenated alkanes) is 2. The van der Waals surface area contributed by atoms with Crippen LogP contribution in [-0.4, -0.2) is 42.5 Å². The maximum absolute atomic E-state index is 11.3. The average Bonchev–Trinajstić information content (AvgIpc) is 2.49. The quantitative estimate of drug-likeness (QED) is 0.599. The van der Waals surface area contributed by atoms with Gasteiger partial charge in [-0.05, 0) is 59.7 Å². The average molecular weight is 343 g/mol. The van der Waals surface area contributed by atoms with Crippen molar-refractivity contribution >= 4 is 50.4 Å². The summed E-state index contributed by atoms with van der Waals surface area (Å²) in [6, 6.07) is 8.96. The van der Waals surface area contributed by atoms with Gasteiger partial charge in [-0.2, -0.15) is 8.42 Å². The van der Waals surface area contributed by atoms with Crippen molar-refractivity contribution in [1.82, 2.24) is 0 Å². The van der Waals surface area contributed by atoms with Crippen LogP contribution in [0, 0.1) is 0 Å². The SMILES string of the molecule is CCCCc1ccc2cc(S(=O)(=O)O)ccc2c1CCCC.[Na]. The van der Waals surface area contributed by atoms with Crippen molar-refractivity contribution in [2.75, 3.05) is 0 Å². The molecule has 23 heavy (non-hydrogen) atoms. The molecule has 1 radical (unpaired) electrons. The summed E-state index contributed by atoms with van der Waals surface area (Å²) in [7, 11) is -4.15. The molecule has 0 saturated carbocycles. The fraction of sp³-hybridized carbons (Fsp3) is 0.444. The van der Waals surface area contributed by atoms with Gasteiger partial charge in [-0.15, -0.1) is 0 Å². The molecule has 0 spiro atoms. The zero-order valence-corrected chi connectivity index (χ0v) is 17.1. The Morgan fingerprint density at radius 1 is 0.957 bits per heavy atom. The van der Waals surface area contributed by atoms with Crippen molar-refractivity contribution in [2.45, 2.75) is 57.3 Å². The van der Waals surface area contributed by atoms with E-state index in [2.05, 4.69) is 19.9 Å². The van der Waals surface area contributed by atoms with Crippen molar-refractivity contribution in [3.8, 4) is 0 Å². The molecule has 5 heteroatoms. The largest absolute Gasteiger partial charge is 0.294 e. The van der Waals surface area contributed by atoms with Gasteiger partial charge in [-0.1, -0.05) is 44.9 Å². The summed E-state index contributed by atoms with van der Waals surface area (Å²) in [5.74, 6) is 0. The van der Waals surface area contributed by atoms with E-state index in [0.29, 0.717) is 0 Å². The van der Waals surface area contributed by atoms with Crippen LogP contribution in [0.25, 0.3) is 10.8 Å². The van der Waals surface area contributed by atoms with Crippen LogP contribution in [0.2, 0.25) is 0 Å². The molecule has 2 aromatic carbocycles. The van der Waals surface area contributed by atoms with Gasteiger partial charge in [-0.25, -0.2) is 0 Å². The summed E-state index contributed by atoms with van der Waals surface area (Å²) in [6.45, 7) is 4.36. The normalized spacial score (nSPS) is 11.4. The van der Waals surface area contributed by atoms with Crippen LogP contribution in [-0.2, 0) is 23.0 Å². The first-order chi connectivity index (χ1) is 10.5. The molecule has 2 rings (SSSR count). The van der Waals surface area contributed by atoms with Crippen molar-refractivity contribution < 1.29 is 13.0 Å². The Balaban J connectivity index is 0.00000264. The van der Waals surface area contributed by atoms with Gasteiger partial charge in [0.15, 0.2) is 0 Å². The van der Waals surface area contributed by atoms with Gasteiger partial charge in [0, 0.05) is 29.6 Å². The van der Waals surface area contributed by atoms with Gasteiger partial charge >= 0.3 is 0 Å². The van der Waals surface area contributed by atoms with Crippen molar-refractivity contribution in [3.63, 3.8) is 0 Å². The predicted molar refractivity (Wildman–Crippen MR) is 96.7 cm³/mol. The minimum absolute atomic E-state index is 0. The van der Waals surface area contributed by atoms with Crippen LogP contribution in [0.1, 0.15) is 50.7 Å². The molecule has 0 aliphatic carbocycles. The van der Waals surface area contributed by atoms with Gasteiger partial charge in [0.2, 0.25) is 0 Å². The predicted octanol–water partition coefficient (Wildman–Crippen LogP) is 4.39. The Morgan fingerprint density at radius 2 is 1.61 bits per heavy atom. The van der Waals surface area contributed by atoms with Crippen LogP contribution in [0.3, 0.4) is 0 Å². The summed E-state index contributed by atoms with van der Waals surface area (Å²) in [5.41, 5.74) is 2.69. The molecule has 0 aliphatic rings. The molecule has 0 aliphatic heterocycles. The maximum Gasteiger partial charge on any atom is 0.294 e. The Labute approximate surface area is 161 Å². The van der Waals surface area contributed by atoms with Crippen LogP contribution in [0.15, 0.2) is 35.2 Å². The van der Waals surface area contributed by atoms with Gasteiger partial charge in [-0.3, -0.25) is 4.55 Å². The molecular formula is C18H24NaO3S. The van der Waals surface area contributed by atoms with Gasteiger partial charge in [0.1, 0.15) is 0 Å². The molecule has 0 heterocycles. The van der Waals surface area contributed by atoms with E-state index in [-0.39, 0.29) is 34.5 Å². The molecule has 121 valence electrons. The number of rotatable bonds is 7. The first-order valence-electron chi connectivity index (χ1n) is 7.99. The molecule has 0 amide bonds. The Hall–Kier alpha value is -0.390. The Morgan fingerprint density at radius 3 is 2.22 bits per heavy atom. The molecule has 2 aromatic rings. The summed E-state index contributed by atoms with van der Waals surface area (Å²) in [4.78, 5) is -0.0391. The Kier molecular flexibility index (Phi) is 8.25. The number of fused-ring (bicyclic) bond motifs is 1. The van der Waals surface area contributed by atoms with Crippen LogP contribution >= 0.6 is 0 Å². The van der Waals surface area contributed by atoms with Crippen LogP contribution in [0.4, 0.5) is 0 Å². The summed E-state index contributed by atoms with van der Waals surface area (Å²) >= 11 is 0. The first-order valence-corrected chi connectivity index (χ1v) is 9.43. The third-order valence-electron chi connectivity index (χ3n) is 4.08. The number of benzene rings is 2. The molecule has 1 N–H and O–H groups in total. The van der Waals surface area contributed by atoms with E-state index in [4.69, 9.17) is 0 Å². The van der Waals surface area contributed by atoms with E-state index in [1.165, 1.54) is 17.2 Å². The maximum atomic E-state index is 11.3. The smallest absolute Gasteiger partial charge is 0.282 e. The second-order valence-electron chi connectivity index (χ2n) is 5.77. The molecule has 0 bridgehead atoms. The fourth-order valence-electron chi connectivity index (χ4n) is 2.83. The Bertz CT molecular complexity index is 754. The minimum atomic E-state index is -4.15. The standard InChI is InChI=1S/C18H24O3S.Na/c1-3-5-7-14-9-10-15-13-16(22(19,20)21)11-12-18(15)17(14)8-6-4-2;/h9-13H,3-8H2,1-2H3,(H,19,20,21);. The van der Waals surface area contributed by atoms with Gasteiger partial charge in [0.05, 0.1) is 4.90 Å². The molecule has 0 aromatic heterocycles. The first kappa shape index (κ1) is 20.7. The van der Waals surface area contributed by atoms with Crippen molar-refractivity contribution in [3.05, 3.63) is 41.5 Å². The van der Waals surface area contributed by atoms with Gasteiger partial charge < -0.3 is 0 Å². The van der Waals surface area contributed by atoms with E-state index in [9.17, 15) is 13.0 Å². The van der Waals surface area contributed by atoms with Crippen molar-refractivity contribution in [2.24, 2.45) is 0 Å². The molecule has 0 atom stereocenters. The summed E-state index contributed by atoms with van der Waals surface area (Å²) in [6.07, 6.45) is 6.65. The third-order valence-corrected chi connectivity index (χ3v) is 4.93. The zero-order chi connectivity index (χ0) is 16.2. The second kappa shape index (κ2) is 9.19. The molecule has 0 fully saturated rings. The van der Waals surface area contributed by atoms with E-state index in [1.807, 2.05) is 12.1 Å². The molecular weight excluding hydrogens is 319 g/mol. The van der Waals surface area contributed by atoms with Gasteiger partial charge in [0.25, 0.3) is 10.1 Å². The third kappa shape index (κ3) is 5.30. The van der Waals surface area contributed by atoms with Crippen LogP contribution < -0.4 is 0 Å². The molecule has 0 unspecified atom stereocenters. The van der Waals surface area contributed by atoms with Crippen LogP contribution in [0.5, 0.6) is 0 Å². The topological polar surface area (TPSA) is 54.4 Å². The van der Waals surface area contributed by atoms with Crippen molar-refractivity contribution in [1.29, 1.82) is 0 Å². The number of hydrogen-bond acceptors (Lipinski definition) is 2. The van der Waals surface area contributed by atoms with E-state index < -0.39 is 10.1 Å². The number of hydrogen-bond donors (Lipinski definition) is 1. The second-order valence-corrected chi connectivity index (χ2v) is 7.19. The van der Waals surface area contributed by atoms with E-state index in [0.717, 1.165) is 49.3 Å². The van der Waals surface area contributed by atoms with E-state index in [1.54, 1.807) is 6.07 Å².